The molecule has 0 spiro atoms. The van der Waals surface area contributed by atoms with Crippen molar-refractivity contribution in [2.24, 2.45) is 0 Å². The van der Waals surface area contributed by atoms with E-state index in [0.29, 0.717) is 10.6 Å². The van der Waals surface area contributed by atoms with E-state index >= 15 is 0 Å². The van der Waals surface area contributed by atoms with E-state index in [1.54, 1.807) is 24.3 Å². The quantitative estimate of drug-likeness (QED) is 0.764. The zero-order valence-corrected chi connectivity index (χ0v) is 10.3. The molecule has 2 nitrogen and oxygen atoms in total. The lowest BCUT2D eigenvalue weighted by molar-refractivity contribution is 0.102. The Morgan fingerprint density at radius 2 is 2.13 bits per heavy atom. The van der Waals surface area contributed by atoms with Crippen LogP contribution in [0.4, 0.5) is 0 Å². The van der Waals surface area contributed by atoms with E-state index in [2.05, 4.69) is 0 Å². The zero-order valence-electron chi connectivity index (χ0n) is 8.70. The van der Waals surface area contributed by atoms with Crippen LogP contribution in [-0.2, 0) is 10.8 Å². The van der Waals surface area contributed by atoms with Crippen molar-refractivity contribution in [2.75, 3.05) is 5.75 Å². The number of hydrogen-bond acceptors (Lipinski definition) is 2. The highest BCUT2D eigenvalue weighted by Crippen LogP contribution is 2.12. The molecule has 1 aromatic rings. The van der Waals surface area contributed by atoms with Crippen molar-refractivity contribution >= 4 is 28.2 Å². The van der Waals surface area contributed by atoms with Crippen molar-refractivity contribution in [3.05, 3.63) is 34.9 Å². The van der Waals surface area contributed by atoms with E-state index in [0.717, 1.165) is 0 Å². The predicted molar refractivity (Wildman–Crippen MR) is 63.9 cm³/mol. The molecule has 0 aliphatic carbocycles. The van der Waals surface area contributed by atoms with E-state index in [-0.39, 0.29) is 16.8 Å². The minimum Gasteiger partial charge on any atom is -0.293 e. The fourth-order valence-corrected chi connectivity index (χ4v) is 1.99. The van der Waals surface area contributed by atoms with Crippen LogP contribution in [0.1, 0.15) is 24.2 Å². The molecule has 0 radical (unpaired) electrons. The SMILES string of the molecule is CC(C)S(=O)CC(=O)c1cccc(Cl)c1. The second kappa shape index (κ2) is 5.42. The number of hydrogen-bond donors (Lipinski definition) is 0. The Morgan fingerprint density at radius 1 is 1.47 bits per heavy atom. The molecule has 15 heavy (non-hydrogen) atoms. The summed E-state index contributed by atoms with van der Waals surface area (Å²) in [5.74, 6) is -0.0533. The van der Waals surface area contributed by atoms with E-state index in [4.69, 9.17) is 11.6 Å². The summed E-state index contributed by atoms with van der Waals surface area (Å²) in [6, 6.07) is 6.71. The molecule has 0 aliphatic rings. The fourth-order valence-electron chi connectivity index (χ4n) is 1.04. The molecule has 0 aliphatic heterocycles. The van der Waals surface area contributed by atoms with Gasteiger partial charge in [-0.15, -0.1) is 0 Å². The van der Waals surface area contributed by atoms with Crippen molar-refractivity contribution in [2.45, 2.75) is 19.1 Å². The average molecular weight is 245 g/mol. The van der Waals surface area contributed by atoms with Crippen LogP contribution in [0.25, 0.3) is 0 Å². The van der Waals surface area contributed by atoms with Gasteiger partial charge in [0.2, 0.25) is 0 Å². The van der Waals surface area contributed by atoms with Gasteiger partial charge in [-0.1, -0.05) is 37.6 Å². The highest BCUT2D eigenvalue weighted by Gasteiger charge is 2.13. The summed E-state index contributed by atoms with van der Waals surface area (Å²) in [7, 11) is -1.10. The van der Waals surface area contributed by atoms with Crippen LogP contribution in [0.3, 0.4) is 0 Å². The van der Waals surface area contributed by atoms with E-state index in [9.17, 15) is 9.00 Å². The summed E-state index contributed by atoms with van der Waals surface area (Å²) < 4.78 is 11.5. The molecule has 1 rings (SSSR count). The Morgan fingerprint density at radius 3 is 2.67 bits per heavy atom. The molecule has 0 heterocycles. The summed E-state index contributed by atoms with van der Waals surface area (Å²) in [6.45, 7) is 3.67. The van der Waals surface area contributed by atoms with Gasteiger partial charge in [0.15, 0.2) is 5.78 Å². The summed E-state index contributed by atoms with van der Waals surface area (Å²) in [5.41, 5.74) is 0.525. The van der Waals surface area contributed by atoms with Gasteiger partial charge in [0.25, 0.3) is 0 Å². The molecule has 1 atom stereocenters. The lowest BCUT2D eigenvalue weighted by atomic mass is 10.1. The molecule has 1 aromatic carbocycles. The molecule has 1 unspecified atom stereocenters. The lowest BCUT2D eigenvalue weighted by Gasteiger charge is -2.04. The Bertz CT molecular complexity index is 388. The van der Waals surface area contributed by atoms with Gasteiger partial charge in [-0.3, -0.25) is 9.00 Å². The molecule has 82 valence electrons. The second-order valence-corrected chi connectivity index (χ2v) is 5.94. The van der Waals surface area contributed by atoms with Crippen LogP contribution in [0.2, 0.25) is 5.02 Å². The Balaban J connectivity index is 2.74. The molecule has 0 saturated carbocycles. The molecule has 4 heteroatoms. The summed E-state index contributed by atoms with van der Waals surface area (Å²) in [6.07, 6.45) is 0. The molecule has 0 N–H and O–H groups in total. The standard InChI is InChI=1S/C11H13ClO2S/c1-8(2)15(14)7-11(13)9-4-3-5-10(12)6-9/h3-6,8H,7H2,1-2H3. The van der Waals surface area contributed by atoms with Crippen LogP contribution in [-0.4, -0.2) is 21.0 Å². The number of benzene rings is 1. The minimum absolute atomic E-state index is 0.00753. The third-order valence-electron chi connectivity index (χ3n) is 1.95. The van der Waals surface area contributed by atoms with Crippen molar-refractivity contribution in [1.82, 2.24) is 0 Å². The van der Waals surface area contributed by atoms with Gasteiger partial charge in [-0.05, 0) is 12.1 Å². The Hall–Kier alpha value is -0.670. The van der Waals surface area contributed by atoms with Crippen molar-refractivity contribution in [3.8, 4) is 0 Å². The number of carbonyl (C=O) groups is 1. The van der Waals surface area contributed by atoms with Gasteiger partial charge < -0.3 is 0 Å². The van der Waals surface area contributed by atoms with E-state index < -0.39 is 10.8 Å². The Labute approximate surface area is 97.1 Å². The first-order chi connectivity index (χ1) is 7.00. The normalized spacial score (nSPS) is 12.8. The van der Waals surface area contributed by atoms with Gasteiger partial charge >= 0.3 is 0 Å². The smallest absolute Gasteiger partial charge is 0.175 e. The van der Waals surface area contributed by atoms with Crippen LogP contribution >= 0.6 is 11.6 Å². The van der Waals surface area contributed by atoms with Crippen molar-refractivity contribution in [3.63, 3.8) is 0 Å². The summed E-state index contributed by atoms with van der Waals surface area (Å²) >= 11 is 5.76. The average Bonchev–Trinajstić information content (AvgIpc) is 2.17. The van der Waals surface area contributed by atoms with Crippen molar-refractivity contribution in [1.29, 1.82) is 0 Å². The van der Waals surface area contributed by atoms with E-state index in [1.807, 2.05) is 13.8 Å². The number of rotatable bonds is 4. The van der Waals surface area contributed by atoms with Crippen LogP contribution in [0, 0.1) is 0 Å². The largest absolute Gasteiger partial charge is 0.293 e. The molecule has 0 fully saturated rings. The zero-order chi connectivity index (χ0) is 11.4. The molecule has 0 amide bonds. The maximum atomic E-state index is 11.7. The third kappa shape index (κ3) is 3.76. The van der Waals surface area contributed by atoms with Crippen LogP contribution in [0.15, 0.2) is 24.3 Å². The molecule has 0 saturated heterocycles. The maximum absolute atomic E-state index is 11.7. The number of carbonyl (C=O) groups excluding carboxylic acids is 1. The topological polar surface area (TPSA) is 34.1 Å². The fraction of sp³-hybridized carbons (Fsp3) is 0.364. The molecular weight excluding hydrogens is 232 g/mol. The Kier molecular flexibility index (Phi) is 4.48. The highest BCUT2D eigenvalue weighted by atomic mass is 35.5. The maximum Gasteiger partial charge on any atom is 0.175 e. The molecule has 0 aromatic heterocycles. The molecular formula is C11H13ClO2S. The summed E-state index contributed by atoms with van der Waals surface area (Å²) in [5, 5.41) is 0.532. The van der Waals surface area contributed by atoms with Gasteiger partial charge in [0.05, 0.1) is 5.75 Å². The second-order valence-electron chi connectivity index (χ2n) is 3.51. The van der Waals surface area contributed by atoms with Gasteiger partial charge in [0, 0.05) is 26.6 Å². The van der Waals surface area contributed by atoms with E-state index in [1.165, 1.54) is 0 Å². The van der Waals surface area contributed by atoms with Crippen LogP contribution < -0.4 is 0 Å². The molecule has 0 bridgehead atoms. The number of halogens is 1. The number of ketones is 1. The van der Waals surface area contributed by atoms with Crippen LogP contribution in [0.5, 0.6) is 0 Å². The first-order valence-electron chi connectivity index (χ1n) is 4.66. The predicted octanol–water partition coefficient (Wildman–Crippen LogP) is 2.68. The van der Waals surface area contributed by atoms with Gasteiger partial charge in [-0.25, -0.2) is 0 Å². The van der Waals surface area contributed by atoms with Gasteiger partial charge in [0.1, 0.15) is 0 Å². The highest BCUT2D eigenvalue weighted by molar-refractivity contribution is 7.86. The number of Topliss-reactive ketones (excluding diaryl/α,β-unsaturated/α-hetero) is 1. The monoisotopic (exact) mass is 244 g/mol. The van der Waals surface area contributed by atoms with Crippen molar-refractivity contribution < 1.29 is 9.00 Å². The van der Waals surface area contributed by atoms with Gasteiger partial charge in [-0.2, -0.15) is 0 Å². The third-order valence-corrected chi connectivity index (χ3v) is 3.78. The first-order valence-corrected chi connectivity index (χ1v) is 6.42. The summed E-state index contributed by atoms with van der Waals surface area (Å²) in [4.78, 5) is 11.7. The first kappa shape index (κ1) is 12.4. The minimum atomic E-state index is -1.10. The lowest BCUT2D eigenvalue weighted by Crippen LogP contribution is -2.17.